The fraction of sp³-hybridized carbons (Fsp3) is 0.289. The highest BCUT2D eigenvalue weighted by atomic mass is 16.5. The van der Waals surface area contributed by atoms with Crippen molar-refractivity contribution in [1.82, 2.24) is 10.3 Å². The fourth-order valence-electron chi connectivity index (χ4n) is 6.45. The number of anilines is 4. The lowest BCUT2D eigenvalue weighted by atomic mass is 10.0. The van der Waals surface area contributed by atoms with Gasteiger partial charge in [0.15, 0.2) is 0 Å². The molecule has 248 valence electrons. The summed E-state index contributed by atoms with van der Waals surface area (Å²) in [5.41, 5.74) is 13.9. The van der Waals surface area contributed by atoms with Crippen LogP contribution in [0.25, 0.3) is 11.1 Å². The number of carbonyl (C=O) groups is 2. The third-order valence-corrected chi connectivity index (χ3v) is 8.98. The van der Waals surface area contributed by atoms with E-state index in [2.05, 4.69) is 85.8 Å². The Bertz CT molecular complexity index is 1750. The minimum absolute atomic E-state index is 0.118. The van der Waals surface area contributed by atoms with Gasteiger partial charge in [-0.15, -0.1) is 0 Å². The van der Waals surface area contributed by atoms with Crippen LogP contribution in [0.1, 0.15) is 49.9 Å². The molecule has 10 heteroatoms. The second kappa shape index (κ2) is 14.6. The molecule has 3 heterocycles. The first-order valence-electron chi connectivity index (χ1n) is 16.3. The van der Waals surface area contributed by atoms with Gasteiger partial charge in [-0.05, 0) is 97.5 Å². The van der Waals surface area contributed by atoms with Crippen molar-refractivity contribution in [3.63, 3.8) is 0 Å². The third kappa shape index (κ3) is 7.29. The summed E-state index contributed by atoms with van der Waals surface area (Å²) in [6.45, 7) is 6.69. The minimum atomic E-state index is -0.694. The number of nitrogens with two attached hydrogens (primary N) is 1. The number of ether oxygens (including phenoxy) is 2. The molecule has 2 unspecified atom stereocenters. The summed E-state index contributed by atoms with van der Waals surface area (Å²) in [5, 5.41) is 5.39. The number of carbonyl (C=O) groups excluding carboxylic acids is 2. The predicted molar refractivity (Wildman–Crippen MR) is 190 cm³/mol. The first kappa shape index (κ1) is 32.6. The van der Waals surface area contributed by atoms with Gasteiger partial charge in [0.2, 0.25) is 0 Å². The van der Waals surface area contributed by atoms with Gasteiger partial charge >= 0.3 is 6.09 Å². The number of hydrogen-bond donors (Lipinski definition) is 3. The van der Waals surface area contributed by atoms with Crippen LogP contribution in [0.15, 0.2) is 102 Å². The normalized spacial score (nSPS) is 17.5. The van der Waals surface area contributed by atoms with Crippen molar-refractivity contribution in [3.8, 4) is 11.1 Å². The van der Waals surface area contributed by atoms with E-state index in [4.69, 9.17) is 15.5 Å². The summed E-state index contributed by atoms with van der Waals surface area (Å²) >= 11 is 0. The number of aromatic nitrogens is 1. The van der Waals surface area contributed by atoms with E-state index < -0.39 is 12.0 Å². The van der Waals surface area contributed by atoms with E-state index in [1.807, 2.05) is 30.5 Å². The number of nitrogens with one attached hydrogen (secondary N) is 2. The van der Waals surface area contributed by atoms with Gasteiger partial charge in [-0.2, -0.15) is 0 Å². The van der Waals surface area contributed by atoms with Gasteiger partial charge in [-0.1, -0.05) is 36.4 Å². The van der Waals surface area contributed by atoms with Crippen molar-refractivity contribution < 1.29 is 19.1 Å². The molecule has 10 nitrogen and oxygen atoms in total. The fourth-order valence-corrected chi connectivity index (χ4v) is 6.45. The van der Waals surface area contributed by atoms with Gasteiger partial charge in [0, 0.05) is 41.9 Å². The molecule has 0 aliphatic carbocycles. The maximum Gasteiger partial charge on any atom is 0.411 e. The molecule has 0 spiro atoms. The predicted octanol–water partition coefficient (Wildman–Crippen LogP) is 6.84. The maximum absolute atomic E-state index is 13.0. The van der Waals surface area contributed by atoms with Crippen LogP contribution in [0.3, 0.4) is 0 Å². The molecule has 2 aliphatic rings. The number of benzene rings is 3. The van der Waals surface area contributed by atoms with Crippen LogP contribution in [0.5, 0.6) is 0 Å². The van der Waals surface area contributed by atoms with Gasteiger partial charge in [0.1, 0.15) is 11.5 Å². The molecule has 2 amide bonds. The number of morpholine rings is 1. The quantitative estimate of drug-likeness (QED) is 0.141. The summed E-state index contributed by atoms with van der Waals surface area (Å²) in [4.78, 5) is 34.2. The molecular formula is C38H42N6O4. The lowest BCUT2D eigenvalue weighted by molar-refractivity contribution is -0.113. The zero-order valence-electron chi connectivity index (χ0n) is 27.6. The number of allylic oxidation sites excluding steroid dienone is 1. The highest BCUT2D eigenvalue weighted by molar-refractivity contribution is 6.05. The topological polar surface area (TPSA) is 122 Å². The molecule has 3 aromatic carbocycles. The smallest absolute Gasteiger partial charge is 0.411 e. The monoisotopic (exact) mass is 646 g/mol. The van der Waals surface area contributed by atoms with Gasteiger partial charge in [0.25, 0.3) is 5.91 Å². The van der Waals surface area contributed by atoms with Crippen molar-refractivity contribution in [2.45, 2.75) is 38.8 Å². The Balaban J connectivity index is 1.23. The Morgan fingerprint density at radius 2 is 1.44 bits per heavy atom. The molecule has 2 fully saturated rings. The molecule has 2 atom stereocenters. The van der Waals surface area contributed by atoms with Crippen molar-refractivity contribution in [3.05, 3.63) is 114 Å². The molecule has 0 radical (unpaired) electrons. The molecule has 6 rings (SSSR count). The standard InChI is InChI=1S/C38H42N6O4/c1-25(2)36(42-38(46)47-3)37(45)41-31-13-6-28(7-14-31)34-18-17-33(27-4-11-30(39)12-5-27)44(34)32-15-8-26(9-16-32)29-10-19-35(40-24-29)43-20-22-48-23-21-43/h4-16,19,24,33-34H,17-18,20-23,39H2,1-3H3,(H,41,45)(H,42,46). The van der Waals surface area contributed by atoms with Crippen molar-refractivity contribution in [1.29, 1.82) is 0 Å². The molecule has 2 aliphatic heterocycles. The van der Waals surface area contributed by atoms with Crippen LogP contribution in [-0.2, 0) is 14.3 Å². The van der Waals surface area contributed by atoms with Gasteiger partial charge in [-0.3, -0.25) is 10.1 Å². The third-order valence-electron chi connectivity index (χ3n) is 8.98. The van der Waals surface area contributed by atoms with Crippen molar-refractivity contribution in [2.75, 3.05) is 54.3 Å². The second-order valence-corrected chi connectivity index (χ2v) is 12.3. The lowest BCUT2D eigenvalue weighted by Crippen LogP contribution is -2.36. The number of amides is 2. The van der Waals surface area contributed by atoms with Crippen LogP contribution in [-0.4, -0.2) is 50.4 Å². The van der Waals surface area contributed by atoms with Crippen LogP contribution >= 0.6 is 0 Å². The van der Waals surface area contributed by atoms with E-state index in [9.17, 15) is 9.59 Å². The molecule has 1 aromatic heterocycles. The molecule has 0 bridgehead atoms. The summed E-state index contributed by atoms with van der Waals surface area (Å²) < 4.78 is 10.1. The van der Waals surface area contributed by atoms with E-state index in [1.54, 1.807) is 13.8 Å². The highest BCUT2D eigenvalue weighted by Gasteiger charge is 2.35. The number of nitrogen functional groups attached to an aromatic ring is 1. The van der Waals surface area contributed by atoms with Crippen LogP contribution < -0.4 is 26.2 Å². The Hall–Kier alpha value is -5.35. The number of methoxy groups -OCH3 is 1. The van der Waals surface area contributed by atoms with Crippen LogP contribution in [0, 0.1) is 0 Å². The Morgan fingerprint density at radius 3 is 2.00 bits per heavy atom. The number of pyridine rings is 1. The van der Waals surface area contributed by atoms with E-state index in [0.717, 1.165) is 73.0 Å². The zero-order valence-corrected chi connectivity index (χ0v) is 27.6. The SMILES string of the molecule is COC(=O)NC(C(=O)Nc1ccc(C2CCC(c3ccc(N)cc3)N2c2ccc(-c3ccc(N4CCOCC4)nc3)cc2)cc1)=C(C)C. The first-order valence-corrected chi connectivity index (χ1v) is 16.3. The highest BCUT2D eigenvalue weighted by Crippen LogP contribution is 2.47. The summed E-state index contributed by atoms with van der Waals surface area (Å²) in [5.74, 6) is 0.566. The molecule has 4 aromatic rings. The first-order chi connectivity index (χ1) is 23.3. The zero-order chi connectivity index (χ0) is 33.6. The van der Waals surface area contributed by atoms with Crippen LogP contribution in [0.2, 0.25) is 0 Å². The Kier molecular flexibility index (Phi) is 9.91. The molecule has 4 N–H and O–H groups in total. The van der Waals surface area contributed by atoms with Crippen molar-refractivity contribution in [2.24, 2.45) is 0 Å². The van der Waals surface area contributed by atoms with Gasteiger partial charge in [-0.25, -0.2) is 9.78 Å². The molecule has 48 heavy (non-hydrogen) atoms. The number of rotatable bonds is 8. The molecule has 0 saturated carbocycles. The Labute approximate surface area is 281 Å². The number of hydrogen-bond acceptors (Lipinski definition) is 8. The maximum atomic E-state index is 13.0. The average Bonchev–Trinajstić information content (AvgIpc) is 3.56. The second-order valence-electron chi connectivity index (χ2n) is 12.3. The van der Waals surface area contributed by atoms with E-state index in [0.29, 0.717) is 11.3 Å². The molecular weight excluding hydrogens is 604 g/mol. The Morgan fingerprint density at radius 1 is 0.833 bits per heavy atom. The average molecular weight is 647 g/mol. The summed E-state index contributed by atoms with van der Waals surface area (Å²) in [6.07, 6.45) is 3.19. The summed E-state index contributed by atoms with van der Waals surface area (Å²) in [7, 11) is 1.26. The van der Waals surface area contributed by atoms with Gasteiger partial charge < -0.3 is 30.3 Å². The van der Waals surface area contributed by atoms with E-state index >= 15 is 0 Å². The number of nitrogens with zero attached hydrogens (tertiary/aromatic N) is 3. The molecule has 2 saturated heterocycles. The van der Waals surface area contributed by atoms with Crippen molar-refractivity contribution >= 4 is 34.9 Å². The van der Waals surface area contributed by atoms with E-state index in [1.165, 1.54) is 12.7 Å². The largest absolute Gasteiger partial charge is 0.453 e. The van der Waals surface area contributed by atoms with Gasteiger partial charge in [0.05, 0.1) is 32.4 Å². The number of alkyl carbamates (subject to hydrolysis) is 1. The van der Waals surface area contributed by atoms with Crippen LogP contribution in [0.4, 0.5) is 27.7 Å². The minimum Gasteiger partial charge on any atom is -0.453 e. The summed E-state index contributed by atoms with van der Waals surface area (Å²) in [6, 6.07) is 29.3. The van der Waals surface area contributed by atoms with E-state index in [-0.39, 0.29) is 17.8 Å². The lowest BCUT2D eigenvalue weighted by Gasteiger charge is -2.33.